The molecule has 30 heavy (non-hydrogen) atoms. The maximum Gasteiger partial charge on any atom is 0.142 e. The zero-order valence-electron chi connectivity index (χ0n) is 17.1. The van der Waals surface area contributed by atoms with Gasteiger partial charge in [0.2, 0.25) is 0 Å². The molecule has 0 aliphatic heterocycles. The number of fused-ring (bicyclic) bond motifs is 2. The molecule has 0 fully saturated rings. The van der Waals surface area contributed by atoms with Gasteiger partial charge in [-0.3, -0.25) is 0 Å². The maximum absolute atomic E-state index is 5.48. The Morgan fingerprint density at radius 3 is 2.63 bits per heavy atom. The van der Waals surface area contributed by atoms with E-state index in [1.165, 1.54) is 0 Å². The van der Waals surface area contributed by atoms with Gasteiger partial charge in [0.05, 0.1) is 25.6 Å². The van der Waals surface area contributed by atoms with Gasteiger partial charge in [0.15, 0.2) is 0 Å². The van der Waals surface area contributed by atoms with Crippen LogP contribution in [-0.4, -0.2) is 28.8 Å². The lowest BCUT2D eigenvalue weighted by Gasteiger charge is -2.11. The predicted octanol–water partition coefficient (Wildman–Crippen LogP) is 5.48. The second-order valence-corrected chi connectivity index (χ2v) is 7.17. The number of para-hydroxylation sites is 2. The van der Waals surface area contributed by atoms with Crippen LogP contribution in [0.5, 0.6) is 11.5 Å². The molecule has 0 unspecified atom stereocenters. The Morgan fingerprint density at radius 1 is 0.933 bits per heavy atom. The van der Waals surface area contributed by atoms with E-state index in [1.54, 1.807) is 20.4 Å². The first-order valence-electron chi connectivity index (χ1n) is 9.69. The molecule has 0 radical (unpaired) electrons. The van der Waals surface area contributed by atoms with Crippen molar-refractivity contribution < 1.29 is 9.47 Å². The van der Waals surface area contributed by atoms with Gasteiger partial charge < -0.3 is 24.3 Å². The van der Waals surface area contributed by atoms with Crippen molar-refractivity contribution in [3.05, 3.63) is 67.0 Å². The number of H-pyrrole nitrogens is 1. The number of hydrogen-bond donors (Lipinski definition) is 2. The number of hydrogen-bond acceptors (Lipinski definition) is 4. The highest BCUT2D eigenvalue weighted by Gasteiger charge is 2.14. The van der Waals surface area contributed by atoms with Gasteiger partial charge in [0, 0.05) is 47.0 Å². The molecule has 5 aromatic rings. The second kappa shape index (κ2) is 7.15. The molecule has 0 saturated carbocycles. The van der Waals surface area contributed by atoms with Gasteiger partial charge in [-0.1, -0.05) is 12.1 Å². The molecule has 5 rings (SSSR count). The van der Waals surface area contributed by atoms with Crippen molar-refractivity contribution in [3.63, 3.8) is 0 Å². The number of aryl methyl sites for hydroxylation is 1. The number of pyridine rings is 1. The molecule has 150 valence electrons. The summed E-state index contributed by atoms with van der Waals surface area (Å²) in [4.78, 5) is 8.01. The van der Waals surface area contributed by atoms with E-state index in [9.17, 15) is 0 Å². The van der Waals surface area contributed by atoms with E-state index in [4.69, 9.17) is 9.47 Å². The van der Waals surface area contributed by atoms with E-state index in [2.05, 4.69) is 44.2 Å². The van der Waals surface area contributed by atoms with Crippen LogP contribution in [0.1, 0.15) is 0 Å². The number of aromatic amines is 1. The summed E-state index contributed by atoms with van der Waals surface area (Å²) in [6.07, 6.45) is 3.93. The van der Waals surface area contributed by atoms with E-state index < -0.39 is 0 Å². The van der Waals surface area contributed by atoms with Crippen LogP contribution in [0.15, 0.2) is 67.0 Å². The van der Waals surface area contributed by atoms with E-state index in [0.717, 1.165) is 56.1 Å². The van der Waals surface area contributed by atoms with Gasteiger partial charge in [-0.2, -0.15) is 0 Å². The lowest BCUT2D eigenvalue weighted by Crippen LogP contribution is -1.95. The number of aromatic nitrogens is 3. The van der Waals surface area contributed by atoms with Crippen LogP contribution in [-0.2, 0) is 7.05 Å². The van der Waals surface area contributed by atoms with E-state index in [-0.39, 0.29) is 0 Å². The molecular formula is C24H22N4O2. The fraction of sp³-hybridized carbons (Fsp3) is 0.125. The zero-order chi connectivity index (χ0) is 20.7. The van der Waals surface area contributed by atoms with Gasteiger partial charge in [-0.25, -0.2) is 4.98 Å². The molecule has 6 nitrogen and oxygen atoms in total. The average Bonchev–Trinajstić information content (AvgIpc) is 3.35. The fourth-order valence-corrected chi connectivity index (χ4v) is 3.89. The van der Waals surface area contributed by atoms with Crippen LogP contribution in [0.2, 0.25) is 0 Å². The molecule has 0 aliphatic rings. The summed E-state index contributed by atoms with van der Waals surface area (Å²) in [5, 5.41) is 5.62. The zero-order valence-corrected chi connectivity index (χ0v) is 17.1. The fourth-order valence-electron chi connectivity index (χ4n) is 3.89. The number of nitrogens with one attached hydrogen (secondary N) is 2. The number of rotatable bonds is 5. The van der Waals surface area contributed by atoms with E-state index in [0.29, 0.717) is 0 Å². The normalized spacial score (nSPS) is 11.2. The lowest BCUT2D eigenvalue weighted by atomic mass is 10.1. The molecule has 3 heterocycles. The van der Waals surface area contributed by atoms with Crippen molar-refractivity contribution in [2.75, 3.05) is 19.5 Å². The van der Waals surface area contributed by atoms with E-state index >= 15 is 0 Å². The van der Waals surface area contributed by atoms with Gasteiger partial charge in [0.25, 0.3) is 0 Å². The summed E-state index contributed by atoms with van der Waals surface area (Å²) in [5.41, 5.74) is 5.95. The molecule has 0 amide bonds. The van der Waals surface area contributed by atoms with Gasteiger partial charge in [-0.15, -0.1) is 0 Å². The minimum atomic E-state index is 0.791. The van der Waals surface area contributed by atoms with Gasteiger partial charge >= 0.3 is 0 Å². The van der Waals surface area contributed by atoms with E-state index in [1.807, 2.05) is 43.4 Å². The lowest BCUT2D eigenvalue weighted by molar-refractivity contribution is 0.415. The van der Waals surface area contributed by atoms with Crippen molar-refractivity contribution in [3.8, 4) is 22.8 Å². The highest BCUT2D eigenvalue weighted by molar-refractivity contribution is 6.01. The molecule has 0 atom stereocenters. The Labute approximate surface area is 174 Å². The SMILES string of the molecule is COc1ccc2c(c1)c(-c1cc3c(Nc4ccccc4OC)ccnc3[nH]1)cn2C. The Kier molecular flexibility index (Phi) is 4.32. The molecule has 6 heteroatoms. The summed E-state index contributed by atoms with van der Waals surface area (Å²) < 4.78 is 13.0. The van der Waals surface area contributed by atoms with Crippen LogP contribution in [0.25, 0.3) is 33.2 Å². The van der Waals surface area contributed by atoms with Crippen LogP contribution < -0.4 is 14.8 Å². The molecule has 2 aromatic carbocycles. The standard InChI is InChI=1S/C24H22N4O2/c1-28-14-18(16-12-15(29-2)8-9-22(16)28)21-13-17-19(10-11-25-24(17)27-21)26-20-6-4-5-7-23(20)30-3/h4-14H,1-3H3,(H2,25,26,27). The van der Waals surface area contributed by atoms with Crippen LogP contribution >= 0.6 is 0 Å². The van der Waals surface area contributed by atoms with Gasteiger partial charge in [-0.05, 0) is 42.5 Å². The quantitative estimate of drug-likeness (QED) is 0.411. The summed E-state index contributed by atoms with van der Waals surface area (Å²) in [7, 11) is 5.41. The summed E-state index contributed by atoms with van der Waals surface area (Å²) >= 11 is 0. The molecule has 0 saturated heterocycles. The smallest absolute Gasteiger partial charge is 0.142 e. The minimum absolute atomic E-state index is 0.791. The van der Waals surface area contributed by atoms with Crippen molar-refractivity contribution in [1.82, 2.24) is 14.5 Å². The maximum atomic E-state index is 5.48. The first-order valence-corrected chi connectivity index (χ1v) is 9.69. The number of methoxy groups -OCH3 is 2. The van der Waals surface area contributed by atoms with Crippen molar-refractivity contribution in [1.29, 1.82) is 0 Å². The Balaban J connectivity index is 1.63. The third-order valence-corrected chi connectivity index (χ3v) is 5.39. The first kappa shape index (κ1) is 18.1. The largest absolute Gasteiger partial charge is 0.497 e. The highest BCUT2D eigenvalue weighted by atomic mass is 16.5. The van der Waals surface area contributed by atoms with Crippen molar-refractivity contribution >= 4 is 33.3 Å². The highest BCUT2D eigenvalue weighted by Crippen LogP contribution is 2.36. The number of nitrogens with zero attached hydrogens (tertiary/aromatic N) is 2. The molecule has 3 aromatic heterocycles. The molecular weight excluding hydrogens is 376 g/mol. The third kappa shape index (κ3) is 2.93. The van der Waals surface area contributed by atoms with Crippen LogP contribution in [0.3, 0.4) is 0 Å². The topological polar surface area (TPSA) is 64.1 Å². The van der Waals surface area contributed by atoms with Crippen LogP contribution in [0, 0.1) is 0 Å². The summed E-state index contributed by atoms with van der Waals surface area (Å²) in [6, 6.07) is 18.1. The number of ether oxygens (including phenoxy) is 2. The second-order valence-electron chi connectivity index (χ2n) is 7.17. The summed E-state index contributed by atoms with van der Waals surface area (Å²) in [6.45, 7) is 0. The Hall–Kier alpha value is -3.93. The third-order valence-electron chi connectivity index (χ3n) is 5.39. The molecule has 0 spiro atoms. The monoisotopic (exact) mass is 398 g/mol. The van der Waals surface area contributed by atoms with Gasteiger partial charge in [0.1, 0.15) is 17.1 Å². The van der Waals surface area contributed by atoms with Crippen LogP contribution in [0.4, 0.5) is 11.4 Å². The first-order chi connectivity index (χ1) is 14.7. The minimum Gasteiger partial charge on any atom is -0.497 e. The molecule has 2 N–H and O–H groups in total. The number of benzene rings is 2. The number of anilines is 2. The Morgan fingerprint density at radius 2 is 1.80 bits per heavy atom. The summed E-state index contributed by atoms with van der Waals surface area (Å²) in [5.74, 6) is 1.63. The predicted molar refractivity (Wildman–Crippen MR) is 121 cm³/mol. The van der Waals surface area contributed by atoms with Crippen molar-refractivity contribution in [2.45, 2.75) is 0 Å². The Bertz CT molecular complexity index is 1370. The molecule has 0 bridgehead atoms. The average molecular weight is 398 g/mol. The van der Waals surface area contributed by atoms with Crippen molar-refractivity contribution in [2.24, 2.45) is 7.05 Å². The molecule has 0 aliphatic carbocycles.